The molecule has 2 rings (SSSR count). The molecule has 1 aliphatic heterocycles. The highest BCUT2D eigenvalue weighted by Crippen LogP contribution is 2.32. The van der Waals surface area contributed by atoms with Crippen LogP contribution in [0.25, 0.3) is 0 Å². The van der Waals surface area contributed by atoms with Gasteiger partial charge in [0.1, 0.15) is 4.90 Å². The van der Waals surface area contributed by atoms with Gasteiger partial charge in [-0.25, -0.2) is 13.1 Å². The van der Waals surface area contributed by atoms with Gasteiger partial charge in [-0.2, -0.15) is 0 Å². The van der Waals surface area contributed by atoms with Crippen molar-refractivity contribution >= 4 is 15.7 Å². The first-order valence-electron chi connectivity index (χ1n) is 7.08. The molecule has 0 aromatic heterocycles. The summed E-state index contributed by atoms with van der Waals surface area (Å²) in [6.45, 7) is 3.13. The van der Waals surface area contributed by atoms with Crippen LogP contribution in [0.15, 0.2) is 29.2 Å². The van der Waals surface area contributed by atoms with Crippen LogP contribution in [0.4, 0.5) is 5.69 Å². The van der Waals surface area contributed by atoms with Crippen molar-refractivity contribution in [1.29, 1.82) is 0 Å². The van der Waals surface area contributed by atoms with Crippen molar-refractivity contribution < 1.29 is 18.6 Å². The molecule has 0 unspecified atom stereocenters. The Hall–Kier alpha value is -1.15. The first-order chi connectivity index (χ1) is 10.0. The van der Waals surface area contributed by atoms with E-state index in [1.807, 2.05) is 4.90 Å². The van der Waals surface area contributed by atoms with Crippen molar-refractivity contribution in [2.75, 3.05) is 37.7 Å². The largest absolute Gasteiger partial charge is 0.396 e. The highest BCUT2D eigenvalue weighted by Gasteiger charge is 2.34. The minimum absolute atomic E-state index is 0.0101. The number of para-hydroxylation sites is 1. The molecule has 1 heterocycles. The second kappa shape index (κ2) is 6.74. The van der Waals surface area contributed by atoms with Crippen molar-refractivity contribution in [3.63, 3.8) is 0 Å². The molecule has 0 aliphatic carbocycles. The molecule has 118 valence electrons. The third kappa shape index (κ3) is 3.37. The summed E-state index contributed by atoms with van der Waals surface area (Å²) in [5.74, 6) is -0.0743. The summed E-state index contributed by atoms with van der Waals surface area (Å²) in [5, 5.41) is 18.8. The van der Waals surface area contributed by atoms with Crippen LogP contribution in [0.5, 0.6) is 0 Å². The topological polar surface area (TPSA) is 89.9 Å². The highest BCUT2D eigenvalue weighted by molar-refractivity contribution is 7.89. The van der Waals surface area contributed by atoms with Gasteiger partial charge in [-0.1, -0.05) is 19.1 Å². The standard InChI is InChI=1S/C14H22N2O4S/c1-2-15-21(19,20)14-6-4-3-5-13(14)16-7-11(9-17)12(8-16)10-18/h3-6,11-12,15,17-18H,2,7-10H2,1H3/t11-,12-/m0/s1. The van der Waals surface area contributed by atoms with Crippen LogP contribution in [0.2, 0.25) is 0 Å². The SMILES string of the molecule is CCNS(=O)(=O)c1ccccc1N1C[C@@H](CO)[C@H](CO)C1. The number of hydrogen-bond acceptors (Lipinski definition) is 5. The van der Waals surface area contributed by atoms with Gasteiger partial charge in [0.05, 0.1) is 5.69 Å². The summed E-state index contributed by atoms with van der Waals surface area (Å²) in [6.07, 6.45) is 0. The Morgan fingerprint density at radius 3 is 2.29 bits per heavy atom. The van der Waals surface area contributed by atoms with Crippen molar-refractivity contribution in [3.8, 4) is 0 Å². The molecule has 1 fully saturated rings. The molecule has 0 saturated carbocycles. The van der Waals surface area contributed by atoms with Gasteiger partial charge >= 0.3 is 0 Å². The molecule has 6 nitrogen and oxygen atoms in total. The third-order valence-electron chi connectivity index (χ3n) is 3.88. The summed E-state index contributed by atoms with van der Waals surface area (Å²) >= 11 is 0. The number of sulfonamides is 1. The molecule has 2 atom stereocenters. The smallest absolute Gasteiger partial charge is 0.242 e. The minimum Gasteiger partial charge on any atom is -0.396 e. The number of aliphatic hydroxyl groups is 2. The Labute approximate surface area is 125 Å². The lowest BCUT2D eigenvalue weighted by molar-refractivity contribution is 0.152. The second-order valence-electron chi connectivity index (χ2n) is 5.26. The van der Waals surface area contributed by atoms with Crippen LogP contribution in [-0.4, -0.2) is 51.5 Å². The summed E-state index contributed by atoms with van der Waals surface area (Å²) in [5.41, 5.74) is 0.618. The zero-order valence-electron chi connectivity index (χ0n) is 12.1. The average Bonchev–Trinajstić information content (AvgIpc) is 2.90. The number of hydrogen-bond donors (Lipinski definition) is 3. The molecular weight excluding hydrogens is 292 g/mol. The molecule has 1 aromatic rings. The molecule has 0 amide bonds. The van der Waals surface area contributed by atoms with Gasteiger partial charge in [-0.3, -0.25) is 0 Å². The Balaban J connectivity index is 2.34. The number of rotatable bonds is 6. The van der Waals surface area contributed by atoms with E-state index in [4.69, 9.17) is 0 Å². The highest BCUT2D eigenvalue weighted by atomic mass is 32.2. The Kier molecular flexibility index (Phi) is 5.21. The Morgan fingerprint density at radius 2 is 1.76 bits per heavy atom. The van der Waals surface area contributed by atoms with Gasteiger partial charge in [0.25, 0.3) is 0 Å². The third-order valence-corrected chi connectivity index (χ3v) is 5.47. The lowest BCUT2D eigenvalue weighted by atomic mass is 9.98. The number of nitrogens with zero attached hydrogens (tertiary/aromatic N) is 1. The van der Waals surface area contributed by atoms with Gasteiger partial charge < -0.3 is 15.1 Å². The number of benzene rings is 1. The summed E-state index contributed by atoms with van der Waals surface area (Å²) < 4.78 is 27.0. The predicted molar refractivity (Wildman–Crippen MR) is 80.7 cm³/mol. The van der Waals surface area contributed by atoms with Crippen LogP contribution >= 0.6 is 0 Å². The van der Waals surface area contributed by atoms with Crippen molar-refractivity contribution in [2.45, 2.75) is 11.8 Å². The van der Waals surface area contributed by atoms with Crippen LogP contribution in [-0.2, 0) is 10.0 Å². The molecule has 1 saturated heterocycles. The molecule has 21 heavy (non-hydrogen) atoms. The van der Waals surface area contributed by atoms with E-state index in [2.05, 4.69) is 4.72 Å². The van der Waals surface area contributed by atoms with E-state index < -0.39 is 10.0 Å². The maximum absolute atomic E-state index is 12.3. The van der Waals surface area contributed by atoms with E-state index >= 15 is 0 Å². The summed E-state index contributed by atoms with van der Waals surface area (Å²) in [7, 11) is -3.54. The number of anilines is 1. The van der Waals surface area contributed by atoms with Gasteiger partial charge in [0.2, 0.25) is 10.0 Å². The fraction of sp³-hybridized carbons (Fsp3) is 0.571. The van der Waals surface area contributed by atoms with E-state index in [1.165, 1.54) is 0 Å². The molecule has 0 bridgehead atoms. The van der Waals surface area contributed by atoms with Gasteiger partial charge in [0.15, 0.2) is 0 Å². The number of aliphatic hydroxyl groups excluding tert-OH is 2. The Morgan fingerprint density at radius 1 is 1.19 bits per heavy atom. The molecule has 1 aliphatic rings. The van der Waals surface area contributed by atoms with Crippen molar-refractivity contribution in [3.05, 3.63) is 24.3 Å². The molecule has 7 heteroatoms. The van der Waals surface area contributed by atoms with Gasteiger partial charge in [0, 0.05) is 44.7 Å². The fourth-order valence-corrected chi connectivity index (χ4v) is 4.03. The van der Waals surface area contributed by atoms with Crippen LogP contribution in [0.3, 0.4) is 0 Å². The zero-order valence-corrected chi connectivity index (χ0v) is 12.9. The minimum atomic E-state index is -3.54. The van der Waals surface area contributed by atoms with Crippen molar-refractivity contribution in [1.82, 2.24) is 4.72 Å². The molecule has 3 N–H and O–H groups in total. The molecule has 0 radical (unpaired) electrons. The van der Waals surface area contributed by atoms with E-state index in [0.29, 0.717) is 25.3 Å². The van der Waals surface area contributed by atoms with E-state index in [9.17, 15) is 18.6 Å². The lowest BCUT2D eigenvalue weighted by Gasteiger charge is -2.22. The Bertz CT molecular complexity index is 564. The van der Waals surface area contributed by atoms with Gasteiger partial charge in [-0.15, -0.1) is 0 Å². The zero-order chi connectivity index (χ0) is 15.5. The van der Waals surface area contributed by atoms with E-state index in [1.54, 1.807) is 31.2 Å². The van der Waals surface area contributed by atoms with Crippen LogP contribution in [0.1, 0.15) is 6.92 Å². The molecule has 0 spiro atoms. The monoisotopic (exact) mass is 314 g/mol. The maximum atomic E-state index is 12.3. The maximum Gasteiger partial charge on any atom is 0.242 e. The quantitative estimate of drug-likeness (QED) is 0.689. The lowest BCUT2D eigenvalue weighted by Crippen LogP contribution is -2.28. The normalized spacial score (nSPS) is 22.7. The van der Waals surface area contributed by atoms with Crippen LogP contribution < -0.4 is 9.62 Å². The predicted octanol–water partition coefficient (Wildman–Crippen LogP) is 0.0218. The first-order valence-corrected chi connectivity index (χ1v) is 8.57. The van der Waals surface area contributed by atoms with E-state index in [-0.39, 0.29) is 29.9 Å². The summed E-state index contributed by atoms with van der Waals surface area (Å²) in [4.78, 5) is 2.16. The van der Waals surface area contributed by atoms with E-state index in [0.717, 1.165) is 0 Å². The number of nitrogens with one attached hydrogen (secondary N) is 1. The molecule has 1 aromatic carbocycles. The van der Waals surface area contributed by atoms with Gasteiger partial charge in [-0.05, 0) is 12.1 Å². The fourth-order valence-electron chi connectivity index (χ4n) is 2.76. The van der Waals surface area contributed by atoms with Crippen molar-refractivity contribution in [2.24, 2.45) is 11.8 Å². The average molecular weight is 314 g/mol. The summed E-state index contributed by atoms with van der Waals surface area (Å²) in [6, 6.07) is 6.82. The molecular formula is C14H22N2O4S. The second-order valence-corrected chi connectivity index (χ2v) is 6.99. The first kappa shape index (κ1) is 16.2. The van der Waals surface area contributed by atoms with Crippen LogP contribution in [0, 0.1) is 11.8 Å².